The van der Waals surface area contributed by atoms with Crippen LogP contribution in [-0.2, 0) is 19.0 Å². The van der Waals surface area contributed by atoms with Crippen LogP contribution >= 0.6 is 0 Å². The number of carbonyl (C=O) groups excluding carboxylic acids is 1. The molecule has 0 aromatic carbocycles. The van der Waals surface area contributed by atoms with Crippen LogP contribution in [0.25, 0.3) is 0 Å². The van der Waals surface area contributed by atoms with Gasteiger partial charge >= 0.3 is 5.97 Å². The van der Waals surface area contributed by atoms with Crippen LogP contribution in [0.4, 0.5) is 0 Å². The molecule has 0 spiro atoms. The molecule has 4 nitrogen and oxygen atoms in total. The maximum atomic E-state index is 11.6. The number of allylic oxidation sites excluding steroid dienone is 1. The standard InChI is InChI=1S/C20H28O4/c1-5-13(17-12-22-20(3,4)24-17)9-10-16-14-7-8-15(11-14)19(16)23-18(21)6-2/h5-8,13-17,19H,1-2,9-12H2,3-4H3/t13-,14-,15+,16+,17+,19+/m1/s1. The second-order valence-electron chi connectivity index (χ2n) is 7.56. The molecule has 2 aliphatic carbocycles. The van der Waals surface area contributed by atoms with Gasteiger partial charge in [-0.1, -0.05) is 24.8 Å². The first kappa shape index (κ1) is 17.4. The summed E-state index contributed by atoms with van der Waals surface area (Å²) in [6, 6.07) is 0. The lowest BCUT2D eigenvalue weighted by Crippen LogP contribution is -2.31. The Bertz CT molecular complexity index is 536. The number of hydrogen-bond acceptors (Lipinski definition) is 4. The van der Waals surface area contributed by atoms with E-state index in [-0.39, 0.29) is 24.1 Å². The lowest BCUT2D eigenvalue weighted by Gasteiger charge is -2.29. The van der Waals surface area contributed by atoms with E-state index in [0.717, 1.165) is 19.3 Å². The SMILES string of the molecule is C=CC(=O)O[C@@H]1[C@@H](CC[C@@H](C=C)[C@@H]2COC(C)(C)O2)[C@@H]2C=C[C@H]1C2. The van der Waals surface area contributed by atoms with Crippen LogP contribution in [0.5, 0.6) is 0 Å². The van der Waals surface area contributed by atoms with Gasteiger partial charge in [0.25, 0.3) is 0 Å². The molecule has 0 unspecified atom stereocenters. The molecule has 0 aromatic rings. The van der Waals surface area contributed by atoms with E-state index < -0.39 is 5.79 Å². The lowest BCUT2D eigenvalue weighted by atomic mass is 9.83. The molecule has 3 rings (SSSR count). The summed E-state index contributed by atoms with van der Waals surface area (Å²) in [4.78, 5) is 11.6. The molecule has 24 heavy (non-hydrogen) atoms. The van der Waals surface area contributed by atoms with Gasteiger partial charge < -0.3 is 14.2 Å². The molecule has 1 heterocycles. The van der Waals surface area contributed by atoms with Crippen molar-refractivity contribution in [1.82, 2.24) is 0 Å². The van der Waals surface area contributed by atoms with Gasteiger partial charge in [0.2, 0.25) is 0 Å². The molecule has 3 aliphatic rings. The molecule has 2 fully saturated rings. The molecule has 0 amide bonds. The van der Waals surface area contributed by atoms with Crippen LogP contribution < -0.4 is 0 Å². The van der Waals surface area contributed by atoms with Gasteiger partial charge in [-0.15, -0.1) is 6.58 Å². The zero-order valence-electron chi connectivity index (χ0n) is 14.6. The van der Waals surface area contributed by atoms with Crippen molar-refractivity contribution in [1.29, 1.82) is 0 Å². The maximum Gasteiger partial charge on any atom is 0.330 e. The van der Waals surface area contributed by atoms with Crippen LogP contribution in [0, 0.1) is 23.7 Å². The Balaban J connectivity index is 1.59. The molecule has 2 bridgehead atoms. The average molecular weight is 332 g/mol. The fraction of sp³-hybridized carbons (Fsp3) is 0.650. The van der Waals surface area contributed by atoms with Crippen molar-refractivity contribution in [2.45, 2.75) is 51.1 Å². The normalized spacial score (nSPS) is 37.3. The summed E-state index contributed by atoms with van der Waals surface area (Å²) in [6.45, 7) is 12.0. The summed E-state index contributed by atoms with van der Waals surface area (Å²) < 4.78 is 17.3. The Hall–Kier alpha value is -1.39. The van der Waals surface area contributed by atoms with Crippen molar-refractivity contribution in [2.24, 2.45) is 23.7 Å². The first-order valence-electron chi connectivity index (χ1n) is 8.89. The predicted octanol–water partition coefficient (Wildman–Crippen LogP) is 3.64. The van der Waals surface area contributed by atoms with Crippen molar-refractivity contribution in [2.75, 3.05) is 6.61 Å². The molecule has 132 valence electrons. The number of esters is 1. The summed E-state index contributed by atoms with van der Waals surface area (Å²) in [5, 5.41) is 0. The van der Waals surface area contributed by atoms with Crippen LogP contribution in [0.2, 0.25) is 0 Å². The van der Waals surface area contributed by atoms with Crippen LogP contribution in [0.15, 0.2) is 37.5 Å². The van der Waals surface area contributed by atoms with Crippen LogP contribution in [-0.4, -0.2) is 30.6 Å². The molecule has 1 aliphatic heterocycles. The third-order valence-corrected chi connectivity index (χ3v) is 5.61. The van der Waals surface area contributed by atoms with E-state index in [1.807, 2.05) is 19.9 Å². The zero-order valence-corrected chi connectivity index (χ0v) is 14.6. The van der Waals surface area contributed by atoms with E-state index >= 15 is 0 Å². The molecule has 0 radical (unpaired) electrons. The second-order valence-corrected chi connectivity index (χ2v) is 7.56. The highest BCUT2D eigenvalue weighted by Gasteiger charge is 2.46. The average Bonchev–Trinajstić information content (AvgIpc) is 3.23. The Morgan fingerprint density at radius 1 is 1.38 bits per heavy atom. The van der Waals surface area contributed by atoms with E-state index in [9.17, 15) is 4.79 Å². The monoisotopic (exact) mass is 332 g/mol. The summed E-state index contributed by atoms with van der Waals surface area (Å²) in [5.41, 5.74) is 0. The van der Waals surface area contributed by atoms with E-state index in [1.54, 1.807) is 0 Å². The molecular weight excluding hydrogens is 304 g/mol. The summed E-state index contributed by atoms with van der Waals surface area (Å²) >= 11 is 0. The van der Waals surface area contributed by atoms with Gasteiger partial charge in [0.15, 0.2) is 5.79 Å². The van der Waals surface area contributed by atoms with E-state index in [4.69, 9.17) is 14.2 Å². The molecule has 0 N–H and O–H groups in total. The van der Waals surface area contributed by atoms with Gasteiger partial charge in [-0.05, 0) is 39.0 Å². The number of carbonyl (C=O) groups is 1. The minimum atomic E-state index is -0.511. The Morgan fingerprint density at radius 2 is 2.12 bits per heavy atom. The Kier molecular flexibility index (Phi) is 4.97. The van der Waals surface area contributed by atoms with Crippen molar-refractivity contribution in [3.8, 4) is 0 Å². The molecular formula is C20H28O4. The lowest BCUT2D eigenvalue weighted by molar-refractivity contribution is -0.147. The van der Waals surface area contributed by atoms with E-state index in [2.05, 4.69) is 25.3 Å². The highest BCUT2D eigenvalue weighted by Crippen LogP contribution is 2.48. The summed E-state index contributed by atoms with van der Waals surface area (Å²) in [6.07, 6.45) is 10.8. The highest BCUT2D eigenvalue weighted by molar-refractivity contribution is 5.81. The number of rotatable bonds is 7. The van der Waals surface area contributed by atoms with Gasteiger partial charge in [0.05, 0.1) is 12.7 Å². The molecule has 0 aromatic heterocycles. The summed E-state index contributed by atoms with van der Waals surface area (Å²) in [7, 11) is 0. The Labute approximate surface area is 144 Å². The van der Waals surface area contributed by atoms with Gasteiger partial charge in [-0.2, -0.15) is 0 Å². The first-order chi connectivity index (χ1) is 11.4. The van der Waals surface area contributed by atoms with Crippen LogP contribution in [0.1, 0.15) is 33.1 Å². The quantitative estimate of drug-likeness (QED) is 0.406. The largest absolute Gasteiger partial charge is 0.458 e. The minimum absolute atomic E-state index is 0.0202. The summed E-state index contributed by atoms with van der Waals surface area (Å²) in [5.74, 6) is 0.674. The molecule has 4 heteroatoms. The van der Waals surface area contributed by atoms with Crippen molar-refractivity contribution in [3.63, 3.8) is 0 Å². The second kappa shape index (κ2) is 6.85. The third kappa shape index (κ3) is 3.50. The van der Waals surface area contributed by atoms with Crippen molar-refractivity contribution >= 4 is 5.97 Å². The van der Waals surface area contributed by atoms with Crippen molar-refractivity contribution in [3.05, 3.63) is 37.5 Å². The third-order valence-electron chi connectivity index (χ3n) is 5.61. The predicted molar refractivity (Wildman–Crippen MR) is 92.1 cm³/mol. The number of hydrogen-bond donors (Lipinski definition) is 0. The first-order valence-corrected chi connectivity index (χ1v) is 8.89. The van der Waals surface area contributed by atoms with Gasteiger partial charge in [-0.25, -0.2) is 4.79 Å². The topological polar surface area (TPSA) is 44.8 Å². The smallest absolute Gasteiger partial charge is 0.330 e. The minimum Gasteiger partial charge on any atom is -0.458 e. The molecule has 1 saturated carbocycles. The number of fused-ring (bicyclic) bond motifs is 2. The fourth-order valence-corrected chi connectivity index (χ4v) is 4.38. The maximum absolute atomic E-state index is 11.6. The molecule has 6 atom stereocenters. The fourth-order valence-electron chi connectivity index (χ4n) is 4.38. The van der Waals surface area contributed by atoms with E-state index in [1.165, 1.54) is 6.08 Å². The van der Waals surface area contributed by atoms with Gasteiger partial charge in [-0.3, -0.25) is 0 Å². The molecule has 1 saturated heterocycles. The van der Waals surface area contributed by atoms with E-state index in [0.29, 0.717) is 24.4 Å². The highest BCUT2D eigenvalue weighted by atomic mass is 16.7. The number of ether oxygens (including phenoxy) is 3. The Morgan fingerprint density at radius 3 is 2.75 bits per heavy atom. The van der Waals surface area contributed by atoms with Crippen molar-refractivity contribution < 1.29 is 19.0 Å². The van der Waals surface area contributed by atoms with Gasteiger partial charge in [0.1, 0.15) is 6.10 Å². The van der Waals surface area contributed by atoms with Crippen LogP contribution in [0.3, 0.4) is 0 Å². The van der Waals surface area contributed by atoms with Gasteiger partial charge in [0, 0.05) is 23.8 Å². The zero-order chi connectivity index (χ0) is 17.3.